The lowest BCUT2D eigenvalue weighted by molar-refractivity contribution is -0.137. The number of morpholine rings is 1. The van der Waals surface area contributed by atoms with Crippen LogP contribution in [0.2, 0.25) is 0 Å². The van der Waals surface area contributed by atoms with Gasteiger partial charge in [-0.15, -0.1) is 0 Å². The number of carbonyl (C=O) groups is 1. The van der Waals surface area contributed by atoms with Crippen molar-refractivity contribution in [1.29, 1.82) is 0 Å². The SMILES string of the molecule is COc1cc(C=CCS)ccc1OCC(=O)N1CCOCC1. The van der Waals surface area contributed by atoms with Gasteiger partial charge in [-0.25, -0.2) is 0 Å². The third-order valence-corrected chi connectivity index (χ3v) is 3.53. The van der Waals surface area contributed by atoms with Gasteiger partial charge in [-0.1, -0.05) is 18.2 Å². The Morgan fingerprint density at radius 1 is 1.36 bits per heavy atom. The molecule has 1 saturated heterocycles. The van der Waals surface area contributed by atoms with Crippen LogP contribution in [-0.2, 0) is 9.53 Å². The fourth-order valence-electron chi connectivity index (χ4n) is 2.14. The molecule has 0 bridgehead atoms. The van der Waals surface area contributed by atoms with Crippen molar-refractivity contribution in [2.24, 2.45) is 0 Å². The van der Waals surface area contributed by atoms with Gasteiger partial charge in [0.05, 0.1) is 20.3 Å². The van der Waals surface area contributed by atoms with E-state index in [0.717, 1.165) is 5.56 Å². The number of ether oxygens (including phenoxy) is 3. The maximum absolute atomic E-state index is 12.1. The molecule has 1 aromatic carbocycles. The number of carbonyl (C=O) groups excluding carboxylic acids is 1. The van der Waals surface area contributed by atoms with Crippen LogP contribution >= 0.6 is 12.6 Å². The van der Waals surface area contributed by atoms with Crippen molar-refractivity contribution in [3.63, 3.8) is 0 Å². The molecule has 0 radical (unpaired) electrons. The lowest BCUT2D eigenvalue weighted by Crippen LogP contribution is -2.43. The lowest BCUT2D eigenvalue weighted by Gasteiger charge is -2.26. The van der Waals surface area contributed by atoms with Crippen molar-refractivity contribution in [2.45, 2.75) is 0 Å². The van der Waals surface area contributed by atoms with Crippen molar-refractivity contribution in [3.05, 3.63) is 29.8 Å². The molecule has 0 unspecified atom stereocenters. The van der Waals surface area contributed by atoms with Gasteiger partial charge in [0.2, 0.25) is 0 Å². The van der Waals surface area contributed by atoms with E-state index >= 15 is 0 Å². The van der Waals surface area contributed by atoms with Crippen LogP contribution in [0.4, 0.5) is 0 Å². The Bertz CT molecular complexity index is 527. The summed E-state index contributed by atoms with van der Waals surface area (Å²) in [6.07, 6.45) is 3.90. The first kappa shape index (κ1) is 16.7. The molecule has 0 aliphatic carbocycles. The van der Waals surface area contributed by atoms with Crippen molar-refractivity contribution in [1.82, 2.24) is 4.90 Å². The molecule has 2 rings (SSSR count). The number of thiol groups is 1. The Labute approximate surface area is 136 Å². The van der Waals surface area contributed by atoms with E-state index < -0.39 is 0 Å². The summed E-state index contributed by atoms with van der Waals surface area (Å²) in [6.45, 7) is 2.41. The van der Waals surface area contributed by atoms with Crippen LogP contribution in [-0.4, -0.2) is 56.6 Å². The number of methoxy groups -OCH3 is 1. The predicted molar refractivity (Wildman–Crippen MR) is 88.8 cm³/mol. The standard InChI is InChI=1S/C16H21NO4S/c1-19-15-11-13(3-2-10-22)4-5-14(15)21-12-16(18)17-6-8-20-9-7-17/h2-5,11,22H,6-10,12H2,1H3. The summed E-state index contributed by atoms with van der Waals surface area (Å²) in [5, 5.41) is 0. The third kappa shape index (κ3) is 4.68. The molecule has 6 heteroatoms. The molecule has 0 saturated carbocycles. The summed E-state index contributed by atoms with van der Waals surface area (Å²) in [5.41, 5.74) is 0.998. The molecule has 0 spiro atoms. The monoisotopic (exact) mass is 323 g/mol. The first-order valence-corrected chi connectivity index (χ1v) is 7.81. The molecule has 0 atom stereocenters. The average molecular weight is 323 g/mol. The minimum atomic E-state index is -0.0376. The molecular weight excluding hydrogens is 302 g/mol. The summed E-state index contributed by atoms with van der Waals surface area (Å²) >= 11 is 4.13. The minimum absolute atomic E-state index is 0.00217. The van der Waals surface area contributed by atoms with Gasteiger partial charge < -0.3 is 19.1 Å². The van der Waals surface area contributed by atoms with Gasteiger partial charge in [-0.3, -0.25) is 4.79 Å². The molecule has 0 N–H and O–H groups in total. The molecule has 0 aromatic heterocycles. The fraction of sp³-hybridized carbons (Fsp3) is 0.438. The molecule has 1 aliphatic heterocycles. The Morgan fingerprint density at radius 2 is 2.14 bits per heavy atom. The second-order valence-corrected chi connectivity index (χ2v) is 5.14. The van der Waals surface area contributed by atoms with Crippen molar-refractivity contribution >= 4 is 24.6 Å². The lowest BCUT2D eigenvalue weighted by atomic mass is 10.2. The molecule has 22 heavy (non-hydrogen) atoms. The fourth-order valence-corrected chi connectivity index (χ4v) is 2.24. The average Bonchev–Trinajstić information content (AvgIpc) is 2.58. The van der Waals surface area contributed by atoms with Crippen LogP contribution in [0.3, 0.4) is 0 Å². The van der Waals surface area contributed by atoms with Crippen molar-refractivity contribution < 1.29 is 19.0 Å². The van der Waals surface area contributed by atoms with Gasteiger partial charge in [0, 0.05) is 18.8 Å². The maximum Gasteiger partial charge on any atom is 0.260 e. The molecule has 1 aliphatic rings. The van der Waals surface area contributed by atoms with Gasteiger partial charge in [-0.2, -0.15) is 12.6 Å². The molecule has 1 heterocycles. The van der Waals surface area contributed by atoms with Gasteiger partial charge in [0.15, 0.2) is 18.1 Å². The summed E-state index contributed by atoms with van der Waals surface area (Å²) < 4.78 is 16.2. The van der Waals surface area contributed by atoms with Crippen LogP contribution in [0.15, 0.2) is 24.3 Å². The number of nitrogens with zero attached hydrogens (tertiary/aromatic N) is 1. The number of rotatable bonds is 6. The summed E-state index contributed by atoms with van der Waals surface area (Å²) in [4.78, 5) is 13.8. The van der Waals surface area contributed by atoms with Crippen molar-refractivity contribution in [2.75, 3.05) is 45.8 Å². The third-order valence-electron chi connectivity index (χ3n) is 3.32. The molecular formula is C16H21NO4S. The van der Waals surface area contributed by atoms with E-state index in [9.17, 15) is 4.79 Å². The molecule has 120 valence electrons. The van der Waals surface area contributed by atoms with Crippen LogP contribution in [0.1, 0.15) is 5.56 Å². The highest BCUT2D eigenvalue weighted by Gasteiger charge is 2.17. The molecule has 1 aromatic rings. The first-order chi connectivity index (χ1) is 10.7. The zero-order chi connectivity index (χ0) is 15.8. The number of benzene rings is 1. The van der Waals surface area contributed by atoms with E-state index in [1.807, 2.05) is 30.4 Å². The van der Waals surface area contributed by atoms with Gasteiger partial charge >= 0.3 is 0 Å². The Balaban J connectivity index is 1.96. The van der Waals surface area contributed by atoms with E-state index in [1.54, 1.807) is 12.0 Å². The largest absolute Gasteiger partial charge is 0.493 e. The second kappa shape index (κ2) is 8.70. The summed E-state index contributed by atoms with van der Waals surface area (Å²) in [5.74, 6) is 1.81. The van der Waals surface area contributed by atoms with Crippen LogP contribution in [0.25, 0.3) is 6.08 Å². The van der Waals surface area contributed by atoms with Crippen LogP contribution in [0, 0.1) is 0 Å². The van der Waals surface area contributed by atoms with Crippen LogP contribution in [0.5, 0.6) is 11.5 Å². The maximum atomic E-state index is 12.1. The summed E-state index contributed by atoms with van der Waals surface area (Å²) in [6, 6.07) is 5.59. The predicted octanol–water partition coefficient (Wildman–Crippen LogP) is 1.88. The number of hydrogen-bond donors (Lipinski definition) is 1. The first-order valence-electron chi connectivity index (χ1n) is 7.18. The number of amides is 1. The smallest absolute Gasteiger partial charge is 0.260 e. The van der Waals surface area contributed by atoms with Gasteiger partial charge in [0.1, 0.15) is 0 Å². The minimum Gasteiger partial charge on any atom is -0.493 e. The van der Waals surface area contributed by atoms with E-state index in [-0.39, 0.29) is 12.5 Å². The molecule has 1 fully saturated rings. The second-order valence-electron chi connectivity index (χ2n) is 4.78. The zero-order valence-corrected chi connectivity index (χ0v) is 13.6. The topological polar surface area (TPSA) is 48.0 Å². The van der Waals surface area contributed by atoms with Gasteiger partial charge in [0.25, 0.3) is 5.91 Å². The Morgan fingerprint density at radius 3 is 2.82 bits per heavy atom. The molecule has 5 nitrogen and oxygen atoms in total. The van der Waals surface area contributed by atoms with Crippen LogP contribution < -0.4 is 9.47 Å². The van der Waals surface area contributed by atoms with Gasteiger partial charge in [-0.05, 0) is 17.7 Å². The highest BCUT2D eigenvalue weighted by Crippen LogP contribution is 2.28. The zero-order valence-electron chi connectivity index (χ0n) is 12.7. The Kier molecular flexibility index (Phi) is 6.61. The normalized spacial score (nSPS) is 15.1. The van der Waals surface area contributed by atoms with E-state index in [1.165, 1.54) is 0 Å². The summed E-state index contributed by atoms with van der Waals surface area (Å²) in [7, 11) is 1.58. The van der Waals surface area contributed by atoms with E-state index in [4.69, 9.17) is 14.2 Å². The quantitative estimate of drug-likeness (QED) is 0.812. The van der Waals surface area contributed by atoms with Crippen molar-refractivity contribution in [3.8, 4) is 11.5 Å². The van der Waals surface area contributed by atoms with E-state index in [0.29, 0.717) is 43.6 Å². The highest BCUT2D eigenvalue weighted by atomic mass is 32.1. The highest BCUT2D eigenvalue weighted by molar-refractivity contribution is 7.80. The Hall–Kier alpha value is -1.66. The van der Waals surface area contributed by atoms with E-state index in [2.05, 4.69) is 12.6 Å². The number of hydrogen-bond acceptors (Lipinski definition) is 5. The molecule has 1 amide bonds.